The van der Waals surface area contributed by atoms with Crippen molar-refractivity contribution >= 4 is 56.2 Å². The average Bonchev–Trinajstić information content (AvgIpc) is 2.98. The molecule has 0 atom stereocenters. The maximum absolute atomic E-state index is 12.5. The van der Waals surface area contributed by atoms with E-state index in [1.54, 1.807) is 0 Å². The molecule has 0 fully saturated rings. The minimum atomic E-state index is -4.39. The zero-order valence-corrected chi connectivity index (χ0v) is 16.1. The Morgan fingerprint density at radius 1 is 1.29 bits per heavy atom. The number of nitrogens with zero attached hydrogens (tertiary/aromatic N) is 2. The van der Waals surface area contributed by atoms with E-state index in [2.05, 4.69) is 15.6 Å². The number of hydrogen-bond acceptors (Lipinski definition) is 7. The number of fused-ring (bicyclic) bond motifs is 1. The molecule has 152 valence electrons. The molecule has 8 nitrogen and oxygen atoms in total. The Labute approximate surface area is 165 Å². The van der Waals surface area contributed by atoms with Crippen molar-refractivity contribution in [2.75, 3.05) is 32.0 Å². The van der Waals surface area contributed by atoms with E-state index in [0.29, 0.717) is 10.2 Å². The number of nitrogens with two attached hydrogens (primary N) is 1. The van der Waals surface area contributed by atoms with Crippen LogP contribution in [0.4, 0.5) is 18.3 Å². The van der Waals surface area contributed by atoms with Gasteiger partial charge < -0.3 is 21.3 Å². The SMILES string of the molecule is CN(CC(=O)Nc1nc2ccc(SC(F)(F)F)cc2s1)C(=O)CNC(=O)CN. The first-order valence-corrected chi connectivity index (χ1v) is 9.37. The molecule has 0 saturated carbocycles. The molecule has 2 aromatic rings. The first kappa shape index (κ1) is 21.9. The molecule has 1 heterocycles. The normalized spacial score (nSPS) is 11.3. The van der Waals surface area contributed by atoms with Crippen molar-refractivity contribution in [3.05, 3.63) is 18.2 Å². The minimum Gasteiger partial charge on any atom is -0.346 e. The third-order valence-corrected chi connectivity index (χ3v) is 4.92. The first-order valence-electron chi connectivity index (χ1n) is 7.74. The Morgan fingerprint density at radius 3 is 2.64 bits per heavy atom. The van der Waals surface area contributed by atoms with Gasteiger partial charge in [0.25, 0.3) is 0 Å². The van der Waals surface area contributed by atoms with E-state index in [1.807, 2.05) is 0 Å². The molecule has 1 aromatic heterocycles. The highest BCUT2D eigenvalue weighted by Gasteiger charge is 2.29. The molecule has 0 bridgehead atoms. The summed E-state index contributed by atoms with van der Waals surface area (Å²) in [5.74, 6) is -1.52. The summed E-state index contributed by atoms with van der Waals surface area (Å²) >= 11 is 0.789. The fraction of sp³-hybridized carbons (Fsp3) is 0.333. The molecule has 4 N–H and O–H groups in total. The number of amides is 3. The van der Waals surface area contributed by atoms with Crippen molar-refractivity contribution in [2.24, 2.45) is 5.73 Å². The number of thioether (sulfide) groups is 1. The molecule has 1 aromatic carbocycles. The van der Waals surface area contributed by atoms with E-state index in [1.165, 1.54) is 25.2 Å². The topological polar surface area (TPSA) is 117 Å². The number of rotatable bonds is 7. The highest BCUT2D eigenvalue weighted by molar-refractivity contribution is 8.00. The maximum Gasteiger partial charge on any atom is 0.446 e. The molecule has 0 saturated heterocycles. The second kappa shape index (κ2) is 9.21. The molecule has 0 aliphatic rings. The predicted molar refractivity (Wildman–Crippen MR) is 99.9 cm³/mol. The lowest BCUT2D eigenvalue weighted by Gasteiger charge is -2.16. The van der Waals surface area contributed by atoms with Gasteiger partial charge in [0.05, 0.1) is 29.9 Å². The molecule has 0 aliphatic heterocycles. The molecule has 0 spiro atoms. The van der Waals surface area contributed by atoms with Crippen molar-refractivity contribution in [1.82, 2.24) is 15.2 Å². The summed E-state index contributed by atoms with van der Waals surface area (Å²) in [7, 11) is 1.38. The summed E-state index contributed by atoms with van der Waals surface area (Å²) < 4.78 is 37.9. The van der Waals surface area contributed by atoms with E-state index in [9.17, 15) is 27.6 Å². The summed E-state index contributed by atoms with van der Waals surface area (Å²) in [6.45, 7) is -0.832. The number of thiazole rings is 1. The number of likely N-dealkylation sites (N-methyl/N-ethyl adjacent to an activating group) is 1. The summed E-state index contributed by atoms with van der Waals surface area (Å²) in [5, 5.41) is 5.00. The number of alkyl halides is 3. The summed E-state index contributed by atoms with van der Waals surface area (Å²) in [4.78, 5) is 40.2. The summed E-state index contributed by atoms with van der Waals surface area (Å²) in [6.07, 6.45) is 0. The number of carbonyl (C=O) groups is 3. The van der Waals surface area contributed by atoms with Crippen molar-refractivity contribution < 1.29 is 27.6 Å². The molecule has 2 rings (SSSR count). The van der Waals surface area contributed by atoms with Gasteiger partial charge in [0.15, 0.2) is 5.13 Å². The van der Waals surface area contributed by atoms with E-state index >= 15 is 0 Å². The Hall–Kier alpha value is -2.38. The lowest BCUT2D eigenvalue weighted by Crippen LogP contribution is -2.42. The van der Waals surface area contributed by atoms with Crippen molar-refractivity contribution in [3.8, 4) is 0 Å². The maximum atomic E-state index is 12.5. The monoisotopic (exact) mass is 435 g/mol. The van der Waals surface area contributed by atoms with Crippen LogP contribution in [-0.2, 0) is 14.4 Å². The number of halogens is 3. The molecule has 13 heteroatoms. The van der Waals surface area contributed by atoms with Crippen LogP contribution >= 0.6 is 23.1 Å². The van der Waals surface area contributed by atoms with Crippen LogP contribution in [0.1, 0.15) is 0 Å². The van der Waals surface area contributed by atoms with Gasteiger partial charge in [0, 0.05) is 11.9 Å². The van der Waals surface area contributed by atoms with Crippen LogP contribution < -0.4 is 16.4 Å². The summed E-state index contributed by atoms with van der Waals surface area (Å²) in [5.41, 5.74) is 1.16. The quantitative estimate of drug-likeness (QED) is 0.566. The van der Waals surface area contributed by atoms with E-state index < -0.39 is 23.2 Å². The minimum absolute atomic E-state index is 0.0198. The van der Waals surface area contributed by atoms with Gasteiger partial charge in [0.2, 0.25) is 17.7 Å². The van der Waals surface area contributed by atoms with Crippen LogP contribution in [0.25, 0.3) is 10.2 Å². The van der Waals surface area contributed by atoms with Gasteiger partial charge >= 0.3 is 5.51 Å². The fourth-order valence-corrected chi connectivity index (χ4v) is 3.58. The van der Waals surface area contributed by atoms with Crippen molar-refractivity contribution in [3.63, 3.8) is 0 Å². The number of aromatic nitrogens is 1. The smallest absolute Gasteiger partial charge is 0.346 e. The van der Waals surface area contributed by atoms with Crippen molar-refractivity contribution in [2.45, 2.75) is 10.4 Å². The molecule has 28 heavy (non-hydrogen) atoms. The number of hydrogen-bond donors (Lipinski definition) is 3. The largest absolute Gasteiger partial charge is 0.446 e. The standard InChI is InChI=1S/C15H16F3N5O3S2/c1-23(13(26)6-20-11(24)5-19)7-12(25)22-14-21-9-3-2-8(4-10(9)27-14)28-15(16,17)18/h2-4H,5-7,19H2,1H3,(H,20,24)(H,21,22,25). The lowest BCUT2D eigenvalue weighted by molar-refractivity contribution is -0.134. The Morgan fingerprint density at radius 2 is 2.00 bits per heavy atom. The van der Waals surface area contributed by atoms with E-state index in [-0.39, 0.29) is 41.4 Å². The Bertz CT molecular complexity index is 887. The van der Waals surface area contributed by atoms with Gasteiger partial charge in [-0.3, -0.25) is 14.4 Å². The number of benzene rings is 1. The first-order chi connectivity index (χ1) is 13.1. The zero-order chi connectivity index (χ0) is 20.9. The van der Waals surface area contributed by atoms with Gasteiger partial charge in [-0.25, -0.2) is 4.98 Å². The van der Waals surface area contributed by atoms with Gasteiger partial charge in [-0.2, -0.15) is 13.2 Å². The lowest BCUT2D eigenvalue weighted by atomic mass is 10.3. The van der Waals surface area contributed by atoms with Gasteiger partial charge in [-0.1, -0.05) is 11.3 Å². The van der Waals surface area contributed by atoms with E-state index in [4.69, 9.17) is 5.73 Å². The van der Waals surface area contributed by atoms with Crippen LogP contribution in [0, 0.1) is 0 Å². The van der Waals surface area contributed by atoms with Crippen LogP contribution in [-0.4, -0.2) is 59.8 Å². The molecule has 0 unspecified atom stereocenters. The summed E-state index contributed by atoms with van der Waals surface area (Å²) in [6, 6.07) is 4.08. The highest BCUT2D eigenvalue weighted by Crippen LogP contribution is 2.39. The van der Waals surface area contributed by atoms with Crippen LogP contribution in [0.5, 0.6) is 0 Å². The predicted octanol–water partition coefficient (Wildman–Crippen LogP) is 1.38. The van der Waals surface area contributed by atoms with Crippen LogP contribution in [0.3, 0.4) is 0 Å². The molecular weight excluding hydrogens is 419 g/mol. The van der Waals surface area contributed by atoms with Gasteiger partial charge in [0.1, 0.15) is 0 Å². The Kier molecular flexibility index (Phi) is 7.21. The van der Waals surface area contributed by atoms with Gasteiger partial charge in [-0.05, 0) is 30.0 Å². The number of carbonyl (C=O) groups excluding carboxylic acids is 3. The third-order valence-electron chi connectivity index (χ3n) is 3.27. The second-order valence-corrected chi connectivity index (χ2v) is 7.64. The van der Waals surface area contributed by atoms with Crippen LogP contribution in [0.2, 0.25) is 0 Å². The molecule has 0 aliphatic carbocycles. The average molecular weight is 435 g/mol. The van der Waals surface area contributed by atoms with Crippen molar-refractivity contribution in [1.29, 1.82) is 0 Å². The zero-order valence-electron chi connectivity index (χ0n) is 14.5. The van der Waals surface area contributed by atoms with E-state index in [0.717, 1.165) is 16.2 Å². The molecule has 3 amide bonds. The third kappa shape index (κ3) is 6.65. The number of nitrogens with one attached hydrogen (secondary N) is 2. The van der Waals surface area contributed by atoms with Crippen LogP contribution in [0.15, 0.2) is 23.1 Å². The second-order valence-electron chi connectivity index (χ2n) is 5.48. The highest BCUT2D eigenvalue weighted by atomic mass is 32.2. The Balaban J connectivity index is 1.95. The molecular formula is C15H16F3N5O3S2. The number of anilines is 1. The van der Waals surface area contributed by atoms with Gasteiger partial charge in [-0.15, -0.1) is 0 Å². The molecule has 0 radical (unpaired) electrons. The fourth-order valence-electron chi connectivity index (χ4n) is 2.00.